The first-order valence-electron chi connectivity index (χ1n) is 8.22. The van der Waals surface area contributed by atoms with Crippen molar-refractivity contribution in [3.8, 4) is 0 Å². The van der Waals surface area contributed by atoms with Crippen molar-refractivity contribution in [2.24, 2.45) is 17.6 Å². The lowest BCUT2D eigenvalue weighted by atomic mass is 9.76. The third-order valence-electron chi connectivity index (χ3n) is 4.96. The second-order valence-corrected chi connectivity index (χ2v) is 7.02. The zero-order valence-electron chi connectivity index (χ0n) is 13.1. The topological polar surface area (TPSA) is 83.6 Å². The summed E-state index contributed by atoms with van der Waals surface area (Å²) < 4.78 is 0. The predicted octanol–water partition coefficient (Wildman–Crippen LogP) is 1.99. The number of carboxylic acids is 1. The molecule has 3 N–H and O–H groups in total. The Bertz CT molecular complexity index is 397. The number of piperidine rings is 1. The van der Waals surface area contributed by atoms with Crippen molar-refractivity contribution in [1.82, 2.24) is 4.90 Å². The normalized spacial score (nSPS) is 30.9. The second kappa shape index (κ2) is 6.77. The van der Waals surface area contributed by atoms with Crippen molar-refractivity contribution in [3.63, 3.8) is 0 Å². The van der Waals surface area contributed by atoms with E-state index in [1.807, 2.05) is 13.8 Å². The van der Waals surface area contributed by atoms with E-state index >= 15 is 0 Å². The Morgan fingerprint density at radius 2 is 1.86 bits per heavy atom. The number of rotatable bonds is 4. The van der Waals surface area contributed by atoms with Gasteiger partial charge in [-0.05, 0) is 43.9 Å². The first kappa shape index (κ1) is 16.3. The standard InChI is InChI=1S/C16H28N2O3/c1-10(2)9-12(17)15(19)18-13-6-4-3-5-11(13)7-8-14(18)16(20)21/h10-14H,3-9,17H2,1-2H3,(H,20,21)/t11?,12-,13?,14?/m0/s1. The molecular weight excluding hydrogens is 268 g/mol. The molecule has 0 bridgehead atoms. The summed E-state index contributed by atoms with van der Waals surface area (Å²) >= 11 is 0. The fourth-order valence-corrected chi connectivity index (χ4v) is 3.99. The molecule has 0 aromatic carbocycles. The maximum atomic E-state index is 12.7. The summed E-state index contributed by atoms with van der Waals surface area (Å²) in [4.78, 5) is 25.9. The number of nitrogens with zero attached hydrogens (tertiary/aromatic N) is 1. The molecule has 2 fully saturated rings. The van der Waals surface area contributed by atoms with E-state index in [0.717, 1.165) is 25.7 Å². The van der Waals surface area contributed by atoms with Crippen molar-refractivity contribution in [2.75, 3.05) is 0 Å². The molecule has 5 heteroatoms. The number of nitrogens with two attached hydrogens (primary N) is 1. The largest absolute Gasteiger partial charge is 0.480 e. The second-order valence-electron chi connectivity index (χ2n) is 7.02. The van der Waals surface area contributed by atoms with E-state index in [4.69, 9.17) is 5.73 Å². The van der Waals surface area contributed by atoms with Gasteiger partial charge in [0.1, 0.15) is 6.04 Å². The third kappa shape index (κ3) is 3.57. The van der Waals surface area contributed by atoms with E-state index in [9.17, 15) is 14.7 Å². The highest BCUT2D eigenvalue weighted by atomic mass is 16.4. The molecule has 0 spiro atoms. The lowest BCUT2D eigenvalue weighted by Crippen LogP contribution is -2.61. The van der Waals surface area contributed by atoms with E-state index < -0.39 is 18.1 Å². The number of carboxylic acid groups (broad SMARTS) is 1. The maximum Gasteiger partial charge on any atom is 0.326 e. The fourth-order valence-electron chi connectivity index (χ4n) is 3.99. The van der Waals surface area contributed by atoms with Crippen LogP contribution in [-0.2, 0) is 9.59 Å². The molecule has 1 saturated carbocycles. The van der Waals surface area contributed by atoms with Crippen molar-refractivity contribution in [3.05, 3.63) is 0 Å². The van der Waals surface area contributed by atoms with Gasteiger partial charge in [-0.1, -0.05) is 26.7 Å². The van der Waals surface area contributed by atoms with E-state index in [2.05, 4.69) is 0 Å². The van der Waals surface area contributed by atoms with Gasteiger partial charge in [-0.2, -0.15) is 0 Å². The highest BCUT2D eigenvalue weighted by molar-refractivity contribution is 5.87. The Labute approximate surface area is 126 Å². The molecule has 1 aliphatic carbocycles. The Morgan fingerprint density at radius 1 is 1.19 bits per heavy atom. The van der Waals surface area contributed by atoms with E-state index in [-0.39, 0.29) is 11.9 Å². The molecule has 1 heterocycles. The molecule has 21 heavy (non-hydrogen) atoms. The SMILES string of the molecule is CC(C)C[C@H](N)C(=O)N1C(C(=O)O)CCC2CCCCC21. The van der Waals surface area contributed by atoms with Crippen LogP contribution in [0.25, 0.3) is 0 Å². The minimum atomic E-state index is -0.885. The van der Waals surface area contributed by atoms with Crippen LogP contribution in [0.5, 0.6) is 0 Å². The number of fused-ring (bicyclic) bond motifs is 1. The van der Waals surface area contributed by atoms with Crippen LogP contribution in [-0.4, -0.2) is 40.0 Å². The van der Waals surface area contributed by atoms with Crippen LogP contribution < -0.4 is 5.73 Å². The van der Waals surface area contributed by atoms with Crippen molar-refractivity contribution >= 4 is 11.9 Å². The van der Waals surface area contributed by atoms with Gasteiger partial charge in [-0.25, -0.2) is 4.79 Å². The van der Waals surface area contributed by atoms with Gasteiger partial charge in [0.15, 0.2) is 0 Å². The van der Waals surface area contributed by atoms with Crippen LogP contribution in [0.3, 0.4) is 0 Å². The zero-order valence-corrected chi connectivity index (χ0v) is 13.1. The van der Waals surface area contributed by atoms with Gasteiger partial charge < -0.3 is 15.7 Å². The average Bonchev–Trinajstić information content (AvgIpc) is 2.44. The molecular formula is C16H28N2O3. The van der Waals surface area contributed by atoms with Crippen molar-refractivity contribution in [2.45, 2.75) is 76.9 Å². The van der Waals surface area contributed by atoms with Gasteiger partial charge in [0.2, 0.25) is 5.91 Å². The zero-order chi connectivity index (χ0) is 15.6. The van der Waals surface area contributed by atoms with Gasteiger partial charge in [0, 0.05) is 6.04 Å². The Morgan fingerprint density at radius 3 is 2.48 bits per heavy atom. The lowest BCUT2D eigenvalue weighted by Gasteiger charge is -2.48. The monoisotopic (exact) mass is 296 g/mol. The average molecular weight is 296 g/mol. The Hall–Kier alpha value is -1.10. The fraction of sp³-hybridized carbons (Fsp3) is 0.875. The first-order valence-corrected chi connectivity index (χ1v) is 8.22. The van der Waals surface area contributed by atoms with Crippen LogP contribution in [0.15, 0.2) is 0 Å². The number of hydrogen-bond donors (Lipinski definition) is 2. The van der Waals surface area contributed by atoms with Crippen molar-refractivity contribution < 1.29 is 14.7 Å². The number of carbonyl (C=O) groups is 2. The van der Waals surface area contributed by atoms with Gasteiger partial charge in [0.05, 0.1) is 6.04 Å². The Balaban J connectivity index is 2.19. The summed E-state index contributed by atoms with van der Waals surface area (Å²) in [6.45, 7) is 4.06. The molecule has 2 aliphatic rings. The van der Waals surface area contributed by atoms with Crippen LogP contribution in [0.2, 0.25) is 0 Å². The van der Waals surface area contributed by atoms with Gasteiger partial charge in [0.25, 0.3) is 0 Å². The smallest absolute Gasteiger partial charge is 0.326 e. The number of likely N-dealkylation sites (tertiary alicyclic amines) is 1. The summed E-state index contributed by atoms with van der Waals surface area (Å²) in [7, 11) is 0. The maximum absolute atomic E-state index is 12.7. The van der Waals surface area contributed by atoms with Gasteiger partial charge >= 0.3 is 5.97 Å². The molecule has 0 aromatic rings. The van der Waals surface area contributed by atoms with E-state index in [1.165, 1.54) is 6.42 Å². The summed E-state index contributed by atoms with van der Waals surface area (Å²) in [5, 5.41) is 9.48. The molecule has 3 unspecified atom stereocenters. The molecule has 1 amide bonds. The lowest BCUT2D eigenvalue weighted by molar-refractivity contribution is -0.159. The molecule has 0 aromatic heterocycles. The molecule has 0 radical (unpaired) electrons. The number of carbonyl (C=O) groups excluding carboxylic acids is 1. The summed E-state index contributed by atoms with van der Waals surface area (Å²) in [6.07, 6.45) is 6.41. The van der Waals surface area contributed by atoms with Crippen molar-refractivity contribution in [1.29, 1.82) is 0 Å². The molecule has 1 aliphatic heterocycles. The highest BCUT2D eigenvalue weighted by Crippen LogP contribution is 2.38. The quantitative estimate of drug-likeness (QED) is 0.831. The van der Waals surface area contributed by atoms with E-state index in [1.54, 1.807) is 4.90 Å². The number of hydrogen-bond acceptors (Lipinski definition) is 3. The molecule has 4 atom stereocenters. The minimum absolute atomic E-state index is 0.0827. The highest BCUT2D eigenvalue weighted by Gasteiger charge is 2.44. The summed E-state index contributed by atoms with van der Waals surface area (Å²) in [5.74, 6) is -0.249. The van der Waals surface area contributed by atoms with Crippen LogP contribution in [0.1, 0.15) is 58.8 Å². The van der Waals surface area contributed by atoms with E-state index in [0.29, 0.717) is 24.7 Å². The predicted molar refractivity (Wildman–Crippen MR) is 80.7 cm³/mol. The van der Waals surface area contributed by atoms with Crippen LogP contribution in [0, 0.1) is 11.8 Å². The number of amides is 1. The van der Waals surface area contributed by atoms with Gasteiger partial charge in [-0.3, -0.25) is 4.79 Å². The third-order valence-corrected chi connectivity index (χ3v) is 4.96. The Kier molecular flexibility index (Phi) is 5.25. The first-order chi connectivity index (χ1) is 9.91. The van der Waals surface area contributed by atoms with Gasteiger partial charge in [-0.15, -0.1) is 0 Å². The molecule has 5 nitrogen and oxygen atoms in total. The van der Waals surface area contributed by atoms with Crippen LogP contribution in [0.4, 0.5) is 0 Å². The van der Waals surface area contributed by atoms with Crippen LogP contribution >= 0.6 is 0 Å². The molecule has 2 rings (SSSR count). The molecule has 120 valence electrons. The minimum Gasteiger partial charge on any atom is -0.480 e. The summed E-state index contributed by atoms with van der Waals surface area (Å²) in [6, 6.07) is -1.18. The molecule has 1 saturated heterocycles. The number of aliphatic carboxylic acids is 1. The summed E-state index contributed by atoms with van der Waals surface area (Å²) in [5.41, 5.74) is 6.05.